The van der Waals surface area contributed by atoms with Gasteiger partial charge in [-0.15, -0.1) is 0 Å². The number of carbonyl (C=O) groups is 2. The summed E-state index contributed by atoms with van der Waals surface area (Å²) in [6, 6.07) is -1.38. The van der Waals surface area contributed by atoms with E-state index in [1.807, 2.05) is 0 Å². The van der Waals surface area contributed by atoms with Crippen LogP contribution in [0.4, 0.5) is 4.79 Å². The van der Waals surface area contributed by atoms with Crippen LogP contribution in [0, 0.1) is 0 Å². The van der Waals surface area contributed by atoms with Crippen LogP contribution in [0.15, 0.2) is 0 Å². The second kappa shape index (κ2) is 6.23. The van der Waals surface area contributed by atoms with Crippen molar-refractivity contribution < 1.29 is 19.8 Å². The van der Waals surface area contributed by atoms with Crippen LogP contribution in [0.5, 0.6) is 0 Å². The summed E-state index contributed by atoms with van der Waals surface area (Å²) >= 11 is 0. The molecule has 2 atom stereocenters. The number of aliphatic hydroxyl groups excluding tert-OH is 1. The number of rotatable bonds is 5. The molecule has 0 spiro atoms. The molecule has 0 fully saturated rings. The number of aliphatic carboxylic acids is 1. The lowest BCUT2D eigenvalue weighted by atomic mass is 10.2. The van der Waals surface area contributed by atoms with Gasteiger partial charge in [0.05, 0.1) is 6.10 Å². The van der Waals surface area contributed by atoms with Gasteiger partial charge in [0.2, 0.25) is 0 Å². The molecular formula is C9H18N2O4. The van der Waals surface area contributed by atoms with Crippen LogP contribution in [-0.4, -0.2) is 52.9 Å². The third-order valence-corrected chi connectivity index (χ3v) is 1.89. The smallest absolute Gasteiger partial charge is 0.326 e. The van der Waals surface area contributed by atoms with Gasteiger partial charge in [-0.25, -0.2) is 9.59 Å². The van der Waals surface area contributed by atoms with Gasteiger partial charge in [0.1, 0.15) is 6.04 Å². The fourth-order valence-corrected chi connectivity index (χ4v) is 1.08. The van der Waals surface area contributed by atoms with Crippen molar-refractivity contribution in [3.8, 4) is 0 Å². The number of carboxylic acid groups (broad SMARTS) is 1. The lowest BCUT2D eigenvalue weighted by molar-refractivity contribution is -0.139. The highest BCUT2D eigenvalue weighted by molar-refractivity contribution is 5.82. The lowest BCUT2D eigenvalue weighted by Gasteiger charge is -2.21. The first-order valence-corrected chi connectivity index (χ1v) is 4.81. The molecule has 2 amide bonds. The Kier molecular flexibility index (Phi) is 5.69. The molecule has 3 N–H and O–H groups in total. The van der Waals surface area contributed by atoms with Crippen LogP contribution >= 0.6 is 0 Å². The van der Waals surface area contributed by atoms with E-state index in [9.17, 15) is 9.59 Å². The van der Waals surface area contributed by atoms with Crippen LogP contribution in [0.25, 0.3) is 0 Å². The van der Waals surface area contributed by atoms with Crippen LogP contribution < -0.4 is 5.32 Å². The predicted molar refractivity (Wildman–Crippen MR) is 54.6 cm³/mol. The summed E-state index contributed by atoms with van der Waals surface area (Å²) in [6.07, 6.45) is -0.311. The van der Waals surface area contributed by atoms with Crippen molar-refractivity contribution in [2.24, 2.45) is 0 Å². The number of likely N-dealkylation sites (N-methyl/N-ethyl adjacent to an activating group) is 1. The van der Waals surface area contributed by atoms with Gasteiger partial charge >= 0.3 is 12.0 Å². The summed E-state index contributed by atoms with van der Waals surface area (Å²) in [5, 5.41) is 20.1. The number of carboxylic acids is 1. The van der Waals surface area contributed by atoms with Gasteiger partial charge in [-0.05, 0) is 13.3 Å². The van der Waals surface area contributed by atoms with Crippen LogP contribution in [0.3, 0.4) is 0 Å². The Hall–Kier alpha value is -1.30. The van der Waals surface area contributed by atoms with Crippen LogP contribution in [-0.2, 0) is 4.79 Å². The molecule has 88 valence electrons. The second-order valence-electron chi connectivity index (χ2n) is 3.48. The van der Waals surface area contributed by atoms with Gasteiger partial charge in [0.25, 0.3) is 0 Å². The number of hydrogen-bond donors (Lipinski definition) is 3. The minimum atomic E-state index is -1.06. The molecule has 0 aromatic rings. The molecule has 1 unspecified atom stereocenters. The minimum Gasteiger partial charge on any atom is -0.480 e. The van der Waals surface area contributed by atoms with Crippen LogP contribution in [0.1, 0.15) is 20.3 Å². The minimum absolute atomic E-state index is 0.169. The molecule has 0 rings (SSSR count). The monoisotopic (exact) mass is 218 g/mol. The van der Waals surface area contributed by atoms with Crippen molar-refractivity contribution in [3.63, 3.8) is 0 Å². The Morgan fingerprint density at radius 3 is 2.33 bits per heavy atom. The summed E-state index contributed by atoms with van der Waals surface area (Å²) in [6.45, 7) is 3.40. The third-order valence-electron chi connectivity index (χ3n) is 1.89. The van der Waals surface area contributed by atoms with Crippen molar-refractivity contribution in [2.45, 2.75) is 32.4 Å². The Balaban J connectivity index is 4.16. The van der Waals surface area contributed by atoms with E-state index >= 15 is 0 Å². The first-order chi connectivity index (χ1) is 6.88. The van der Waals surface area contributed by atoms with E-state index < -0.39 is 24.1 Å². The number of aliphatic hydroxyl groups is 1. The molecule has 0 aromatic carbocycles. The van der Waals surface area contributed by atoms with Crippen molar-refractivity contribution in [2.75, 3.05) is 13.6 Å². The number of urea groups is 1. The average Bonchev–Trinajstić information content (AvgIpc) is 2.11. The molecule has 0 radical (unpaired) electrons. The van der Waals surface area contributed by atoms with Gasteiger partial charge in [0.15, 0.2) is 0 Å². The van der Waals surface area contributed by atoms with E-state index in [0.29, 0.717) is 6.42 Å². The maximum atomic E-state index is 11.4. The second-order valence-corrected chi connectivity index (χ2v) is 3.48. The highest BCUT2D eigenvalue weighted by atomic mass is 16.4. The molecular weight excluding hydrogens is 200 g/mol. The normalized spacial score (nSPS) is 14.1. The average molecular weight is 218 g/mol. The van der Waals surface area contributed by atoms with Crippen LogP contribution in [0.2, 0.25) is 0 Å². The van der Waals surface area contributed by atoms with Gasteiger partial charge in [-0.2, -0.15) is 0 Å². The molecule has 0 bridgehead atoms. The molecule has 0 aliphatic heterocycles. The number of nitrogens with one attached hydrogen (secondary N) is 1. The van der Waals surface area contributed by atoms with Crippen molar-refractivity contribution in [1.82, 2.24) is 10.2 Å². The molecule has 15 heavy (non-hydrogen) atoms. The molecule has 6 nitrogen and oxygen atoms in total. The van der Waals surface area contributed by atoms with Crippen molar-refractivity contribution in [3.05, 3.63) is 0 Å². The number of hydrogen-bond acceptors (Lipinski definition) is 3. The zero-order chi connectivity index (χ0) is 12.0. The number of nitrogens with zero attached hydrogens (tertiary/aromatic N) is 1. The fraction of sp³-hybridized carbons (Fsp3) is 0.778. The highest BCUT2D eigenvalue weighted by Gasteiger charge is 2.19. The largest absolute Gasteiger partial charge is 0.480 e. The Labute approximate surface area is 88.9 Å². The Morgan fingerprint density at radius 1 is 1.47 bits per heavy atom. The first kappa shape index (κ1) is 13.7. The molecule has 0 aliphatic carbocycles. The zero-order valence-electron chi connectivity index (χ0n) is 9.23. The zero-order valence-corrected chi connectivity index (χ0v) is 9.23. The maximum absolute atomic E-state index is 11.4. The molecule has 0 aliphatic rings. The van der Waals surface area contributed by atoms with E-state index in [2.05, 4.69) is 5.32 Å². The lowest BCUT2D eigenvalue weighted by Crippen LogP contribution is -2.47. The number of amides is 2. The van der Waals surface area contributed by atoms with E-state index in [1.165, 1.54) is 11.9 Å². The van der Waals surface area contributed by atoms with E-state index in [0.717, 1.165) is 0 Å². The SMILES string of the molecule is CC[C@@H](NC(=O)N(C)CC(C)O)C(=O)O. The maximum Gasteiger partial charge on any atom is 0.326 e. The van der Waals surface area contributed by atoms with Gasteiger partial charge in [-0.3, -0.25) is 0 Å². The molecule has 6 heteroatoms. The van der Waals surface area contributed by atoms with Gasteiger partial charge in [-0.1, -0.05) is 6.92 Å². The first-order valence-electron chi connectivity index (χ1n) is 4.81. The molecule has 0 saturated carbocycles. The van der Waals surface area contributed by atoms with Gasteiger partial charge < -0.3 is 20.4 Å². The fourth-order valence-electron chi connectivity index (χ4n) is 1.08. The summed E-state index contributed by atoms with van der Waals surface area (Å²) in [4.78, 5) is 23.3. The molecule has 0 aromatic heterocycles. The Bertz CT molecular complexity index is 230. The summed E-state index contributed by atoms with van der Waals surface area (Å²) in [5.74, 6) is -1.06. The van der Waals surface area contributed by atoms with Gasteiger partial charge in [0, 0.05) is 13.6 Å². The quantitative estimate of drug-likeness (QED) is 0.599. The van der Waals surface area contributed by atoms with E-state index in [1.54, 1.807) is 13.8 Å². The Morgan fingerprint density at radius 2 is 2.00 bits per heavy atom. The van der Waals surface area contributed by atoms with Crippen molar-refractivity contribution in [1.29, 1.82) is 0 Å². The highest BCUT2D eigenvalue weighted by Crippen LogP contribution is 1.95. The molecule has 0 saturated heterocycles. The van der Waals surface area contributed by atoms with E-state index in [4.69, 9.17) is 10.2 Å². The topological polar surface area (TPSA) is 89.9 Å². The third kappa shape index (κ3) is 5.21. The van der Waals surface area contributed by atoms with Crippen molar-refractivity contribution >= 4 is 12.0 Å². The predicted octanol–water partition coefficient (Wildman–Crippen LogP) is -0.128. The standard InChI is InChI=1S/C9H18N2O4/c1-4-7(8(13)14)10-9(15)11(3)5-6(2)12/h6-7,12H,4-5H2,1-3H3,(H,10,15)(H,13,14)/t6?,7-/m1/s1. The summed E-state index contributed by atoms with van der Waals surface area (Å²) in [7, 11) is 1.50. The van der Waals surface area contributed by atoms with E-state index in [-0.39, 0.29) is 6.54 Å². The summed E-state index contributed by atoms with van der Waals surface area (Å²) < 4.78 is 0. The summed E-state index contributed by atoms with van der Waals surface area (Å²) in [5.41, 5.74) is 0. The number of carbonyl (C=O) groups excluding carboxylic acids is 1. The molecule has 0 heterocycles.